The molecule has 42 heavy (non-hydrogen) atoms. The van der Waals surface area contributed by atoms with Crippen molar-refractivity contribution >= 4 is 34.6 Å². The smallest absolute Gasteiger partial charge is 0.119 e. The molecule has 0 aliphatic carbocycles. The van der Waals surface area contributed by atoms with Crippen molar-refractivity contribution in [2.75, 3.05) is 88.5 Å². The van der Waals surface area contributed by atoms with E-state index < -0.39 is 12.2 Å². The fourth-order valence-electron chi connectivity index (χ4n) is 5.48. The molecular formula is C32H40Cl2N4O4. The SMILES string of the molecule is O[C@H](COc1ccc(OC[C@H](O)CN2CCN(c3ccccc3Cl)CC2)cc1)CN1CCN(c2ccccc2Cl)CC1. The molecule has 0 bridgehead atoms. The highest BCUT2D eigenvalue weighted by Gasteiger charge is 2.22. The fourth-order valence-corrected chi connectivity index (χ4v) is 5.99. The second-order valence-corrected chi connectivity index (χ2v) is 11.7. The summed E-state index contributed by atoms with van der Waals surface area (Å²) in [7, 11) is 0. The summed E-state index contributed by atoms with van der Waals surface area (Å²) in [5, 5.41) is 22.6. The van der Waals surface area contributed by atoms with Crippen LogP contribution in [0.5, 0.6) is 11.5 Å². The van der Waals surface area contributed by atoms with Gasteiger partial charge in [-0.25, -0.2) is 0 Å². The highest BCUT2D eigenvalue weighted by Crippen LogP contribution is 2.27. The van der Waals surface area contributed by atoms with E-state index in [-0.39, 0.29) is 13.2 Å². The summed E-state index contributed by atoms with van der Waals surface area (Å²) in [6.07, 6.45) is -1.18. The third kappa shape index (κ3) is 8.66. The van der Waals surface area contributed by atoms with Crippen LogP contribution in [0.4, 0.5) is 11.4 Å². The van der Waals surface area contributed by atoms with Crippen LogP contribution in [0.1, 0.15) is 0 Å². The van der Waals surface area contributed by atoms with Crippen LogP contribution in [-0.2, 0) is 0 Å². The van der Waals surface area contributed by atoms with Crippen molar-refractivity contribution in [1.82, 2.24) is 9.80 Å². The topological polar surface area (TPSA) is 71.9 Å². The predicted octanol–water partition coefficient (Wildman–Crippen LogP) is 4.12. The Kier molecular flexibility index (Phi) is 11.1. The standard InChI is InChI=1S/C32H40Cl2N4O4/c33-29-5-1-3-7-31(29)37-17-13-35(14-18-37)21-25(39)23-41-27-9-11-28(12-10-27)42-24-26(40)22-36-15-19-38(20-16-36)32-8-4-2-6-30(32)34/h1-12,25-26,39-40H,13-24H2/t25-,26+. The number of piperazine rings is 2. The summed E-state index contributed by atoms with van der Waals surface area (Å²) in [4.78, 5) is 9.08. The quantitative estimate of drug-likeness (QED) is 0.316. The largest absolute Gasteiger partial charge is 0.491 e. The first-order valence-corrected chi connectivity index (χ1v) is 15.4. The molecule has 2 heterocycles. The minimum atomic E-state index is -0.588. The van der Waals surface area contributed by atoms with Crippen molar-refractivity contribution in [2.45, 2.75) is 12.2 Å². The van der Waals surface area contributed by atoms with Gasteiger partial charge in [0.1, 0.15) is 36.9 Å². The van der Waals surface area contributed by atoms with Gasteiger partial charge in [0.2, 0.25) is 0 Å². The fraction of sp³-hybridized carbons (Fsp3) is 0.438. The van der Waals surface area contributed by atoms with Gasteiger partial charge in [-0.1, -0.05) is 47.5 Å². The molecule has 2 N–H and O–H groups in total. The highest BCUT2D eigenvalue weighted by molar-refractivity contribution is 6.33. The molecular weight excluding hydrogens is 575 g/mol. The Balaban J connectivity index is 0.960. The second-order valence-electron chi connectivity index (χ2n) is 10.9. The molecule has 8 nitrogen and oxygen atoms in total. The van der Waals surface area contributed by atoms with E-state index >= 15 is 0 Å². The molecule has 2 fully saturated rings. The van der Waals surface area contributed by atoms with E-state index in [1.54, 1.807) is 0 Å². The minimum Gasteiger partial charge on any atom is -0.491 e. The molecule has 5 rings (SSSR count). The lowest BCUT2D eigenvalue weighted by Gasteiger charge is -2.37. The Morgan fingerprint density at radius 3 is 1.26 bits per heavy atom. The van der Waals surface area contributed by atoms with Gasteiger partial charge in [0.05, 0.1) is 21.4 Å². The zero-order valence-corrected chi connectivity index (χ0v) is 25.3. The average Bonchev–Trinajstić information content (AvgIpc) is 3.01. The molecule has 0 radical (unpaired) electrons. The Morgan fingerprint density at radius 2 is 0.905 bits per heavy atom. The van der Waals surface area contributed by atoms with E-state index in [9.17, 15) is 10.2 Å². The lowest BCUT2D eigenvalue weighted by atomic mass is 10.2. The van der Waals surface area contributed by atoms with Gasteiger partial charge in [0.15, 0.2) is 0 Å². The number of hydrogen-bond donors (Lipinski definition) is 2. The number of hydrogen-bond acceptors (Lipinski definition) is 8. The Bertz CT molecular complexity index is 1150. The lowest BCUT2D eigenvalue weighted by Crippen LogP contribution is -2.49. The Hall–Kier alpha value is -2.72. The van der Waals surface area contributed by atoms with Crippen molar-refractivity contribution in [3.63, 3.8) is 0 Å². The van der Waals surface area contributed by atoms with Crippen LogP contribution < -0.4 is 19.3 Å². The highest BCUT2D eigenvalue weighted by atomic mass is 35.5. The van der Waals surface area contributed by atoms with Crippen LogP contribution in [0.15, 0.2) is 72.8 Å². The second kappa shape index (κ2) is 15.1. The zero-order chi connectivity index (χ0) is 29.3. The van der Waals surface area contributed by atoms with Gasteiger partial charge in [0, 0.05) is 65.4 Å². The van der Waals surface area contributed by atoms with Crippen molar-refractivity contribution in [3.8, 4) is 11.5 Å². The van der Waals surface area contributed by atoms with Gasteiger partial charge in [-0.2, -0.15) is 0 Å². The monoisotopic (exact) mass is 614 g/mol. The third-order valence-electron chi connectivity index (χ3n) is 7.78. The summed E-state index contributed by atoms with van der Waals surface area (Å²) >= 11 is 12.7. The first-order chi connectivity index (χ1) is 20.4. The summed E-state index contributed by atoms with van der Waals surface area (Å²) in [5.41, 5.74) is 2.13. The maximum atomic E-state index is 10.5. The number of anilines is 2. The number of rotatable bonds is 12. The third-order valence-corrected chi connectivity index (χ3v) is 8.42. The molecule has 0 unspecified atom stereocenters. The molecule has 2 saturated heterocycles. The van der Waals surface area contributed by atoms with Gasteiger partial charge in [-0.15, -0.1) is 0 Å². The number of para-hydroxylation sites is 2. The molecule has 3 aromatic rings. The van der Waals surface area contributed by atoms with Gasteiger partial charge in [-0.3, -0.25) is 9.80 Å². The van der Waals surface area contributed by atoms with Crippen LogP contribution in [0.2, 0.25) is 10.0 Å². The van der Waals surface area contributed by atoms with Crippen molar-refractivity contribution < 1.29 is 19.7 Å². The van der Waals surface area contributed by atoms with Crippen LogP contribution in [-0.4, -0.2) is 111 Å². The number of ether oxygens (including phenoxy) is 2. The molecule has 0 spiro atoms. The summed E-state index contributed by atoms with van der Waals surface area (Å²) < 4.78 is 11.6. The number of nitrogens with zero attached hydrogens (tertiary/aromatic N) is 4. The molecule has 3 aromatic carbocycles. The van der Waals surface area contributed by atoms with Crippen molar-refractivity contribution in [1.29, 1.82) is 0 Å². The van der Waals surface area contributed by atoms with Crippen molar-refractivity contribution in [3.05, 3.63) is 82.8 Å². The van der Waals surface area contributed by atoms with Gasteiger partial charge < -0.3 is 29.5 Å². The van der Waals surface area contributed by atoms with Crippen molar-refractivity contribution in [2.24, 2.45) is 0 Å². The van der Waals surface area contributed by atoms with Crippen LogP contribution in [0.25, 0.3) is 0 Å². The summed E-state index contributed by atoms with van der Waals surface area (Å²) in [6.45, 7) is 8.47. The van der Waals surface area contributed by atoms with Gasteiger partial charge in [-0.05, 0) is 48.5 Å². The molecule has 2 aliphatic rings. The number of benzene rings is 3. The molecule has 10 heteroatoms. The molecule has 2 aliphatic heterocycles. The van der Waals surface area contributed by atoms with Crippen LogP contribution in [0, 0.1) is 0 Å². The van der Waals surface area contributed by atoms with E-state index in [0.29, 0.717) is 24.6 Å². The van der Waals surface area contributed by atoms with E-state index in [2.05, 4.69) is 19.6 Å². The van der Waals surface area contributed by atoms with Crippen LogP contribution >= 0.6 is 23.2 Å². The normalized spacial score (nSPS) is 18.1. The number of β-amino-alcohol motifs (C(OH)–C–C–N with tert-alkyl or cyclic N) is 2. The summed E-state index contributed by atoms with van der Waals surface area (Å²) in [6, 6.07) is 23.1. The number of halogens is 2. The zero-order valence-electron chi connectivity index (χ0n) is 23.8. The average molecular weight is 616 g/mol. The van der Waals surface area contributed by atoms with E-state index in [1.807, 2.05) is 72.8 Å². The first-order valence-electron chi connectivity index (χ1n) is 14.6. The maximum Gasteiger partial charge on any atom is 0.119 e. The number of aliphatic hydroxyl groups is 2. The van der Waals surface area contributed by atoms with E-state index in [4.69, 9.17) is 32.7 Å². The molecule has 226 valence electrons. The summed E-state index contributed by atoms with van der Waals surface area (Å²) in [5.74, 6) is 1.34. The van der Waals surface area contributed by atoms with E-state index in [1.165, 1.54) is 0 Å². The lowest BCUT2D eigenvalue weighted by molar-refractivity contribution is 0.0650. The Labute approximate surface area is 258 Å². The molecule has 0 aromatic heterocycles. The maximum absolute atomic E-state index is 10.5. The predicted molar refractivity (Wildman–Crippen MR) is 170 cm³/mol. The molecule has 2 atom stereocenters. The van der Waals surface area contributed by atoms with Gasteiger partial charge in [0.25, 0.3) is 0 Å². The van der Waals surface area contributed by atoms with Gasteiger partial charge >= 0.3 is 0 Å². The Morgan fingerprint density at radius 1 is 0.548 bits per heavy atom. The first kappa shape index (κ1) is 30.7. The molecule has 0 amide bonds. The molecule has 0 saturated carbocycles. The van der Waals surface area contributed by atoms with E-state index in [0.717, 1.165) is 73.8 Å². The van der Waals surface area contributed by atoms with Crippen LogP contribution in [0.3, 0.4) is 0 Å². The number of aliphatic hydroxyl groups excluding tert-OH is 2. The minimum absolute atomic E-state index is 0.216.